The van der Waals surface area contributed by atoms with E-state index in [0.717, 1.165) is 66.3 Å². The van der Waals surface area contributed by atoms with Crippen molar-refractivity contribution in [3.05, 3.63) is 113 Å². The molecule has 49 heavy (non-hydrogen) atoms. The van der Waals surface area contributed by atoms with E-state index in [4.69, 9.17) is 8.83 Å². The van der Waals surface area contributed by atoms with Gasteiger partial charge in [-0.05, 0) is 113 Å². The van der Waals surface area contributed by atoms with E-state index in [-0.39, 0.29) is 10.8 Å². The molecule has 5 aromatic carbocycles. The van der Waals surface area contributed by atoms with Crippen molar-refractivity contribution in [3.63, 3.8) is 0 Å². The molecule has 5 heteroatoms. The van der Waals surface area contributed by atoms with Crippen molar-refractivity contribution in [2.75, 3.05) is 4.90 Å². The molecule has 0 saturated heterocycles. The van der Waals surface area contributed by atoms with Crippen LogP contribution in [-0.2, 0) is 10.8 Å². The molecule has 4 heterocycles. The average Bonchev–Trinajstić information content (AvgIpc) is 3.75. The van der Waals surface area contributed by atoms with E-state index in [1.54, 1.807) is 0 Å². The molecule has 0 fully saturated rings. The highest BCUT2D eigenvalue weighted by Gasteiger charge is 2.39. The normalized spacial score (nSPS) is 16.2. The Morgan fingerprint density at radius 1 is 0.653 bits per heavy atom. The summed E-state index contributed by atoms with van der Waals surface area (Å²) in [4.78, 5) is 6.29. The number of H-pyrrole nitrogens is 1. The molecule has 10 rings (SSSR count). The zero-order valence-electron chi connectivity index (χ0n) is 28.9. The van der Waals surface area contributed by atoms with Crippen molar-refractivity contribution in [2.45, 2.75) is 65.2 Å². The summed E-state index contributed by atoms with van der Waals surface area (Å²) >= 11 is 0. The van der Waals surface area contributed by atoms with Crippen molar-refractivity contribution < 1.29 is 8.83 Å². The minimum atomic E-state index is 0.0848. The number of nitrogens with zero attached hydrogens (tertiary/aromatic N) is 1. The highest BCUT2D eigenvalue weighted by atomic mass is 16.3. The van der Waals surface area contributed by atoms with E-state index in [9.17, 15) is 0 Å². The fourth-order valence-corrected chi connectivity index (χ4v) is 8.76. The summed E-state index contributed by atoms with van der Waals surface area (Å²) in [6, 6.07) is 32.9. The Balaban J connectivity index is 1.26. The number of furan rings is 2. The maximum Gasteiger partial charge on any atom is 0.247 e. The maximum atomic E-state index is 6.70. The average molecular weight is 638 g/mol. The topological polar surface area (TPSA) is 45.3 Å². The second-order valence-electron chi connectivity index (χ2n) is 15.6. The minimum absolute atomic E-state index is 0.0848. The summed E-state index contributed by atoms with van der Waals surface area (Å²) in [5, 5.41) is 3.31. The first-order valence-electron chi connectivity index (χ1n) is 17.5. The van der Waals surface area contributed by atoms with E-state index in [0.29, 0.717) is 0 Å². The van der Waals surface area contributed by atoms with Crippen molar-refractivity contribution in [3.8, 4) is 11.1 Å². The van der Waals surface area contributed by atoms with Gasteiger partial charge in [-0.3, -0.25) is 0 Å². The van der Waals surface area contributed by atoms with Crippen LogP contribution >= 0.6 is 0 Å². The molecule has 0 bridgehead atoms. The first-order chi connectivity index (χ1) is 23.6. The van der Waals surface area contributed by atoms with Gasteiger partial charge in [-0.15, -0.1) is 0 Å². The summed E-state index contributed by atoms with van der Waals surface area (Å²) in [6.07, 6.45) is 2.36. The Morgan fingerprint density at radius 3 is 2.10 bits per heavy atom. The zero-order valence-corrected chi connectivity index (χ0v) is 28.9. The fraction of sp³-hybridized carbons (Fsp3) is 0.227. The molecular formula is C44H38BN2O2. The van der Waals surface area contributed by atoms with E-state index in [2.05, 4.69) is 138 Å². The second kappa shape index (κ2) is 9.72. The van der Waals surface area contributed by atoms with Gasteiger partial charge in [0.1, 0.15) is 11.2 Å². The van der Waals surface area contributed by atoms with Crippen molar-refractivity contribution >= 4 is 79.4 Å². The Hall–Kier alpha value is -5.16. The molecule has 239 valence electrons. The number of benzene rings is 5. The number of para-hydroxylation sites is 3. The lowest BCUT2D eigenvalue weighted by Crippen LogP contribution is -2.40. The van der Waals surface area contributed by atoms with E-state index >= 15 is 0 Å². The molecule has 3 aromatic heterocycles. The lowest BCUT2D eigenvalue weighted by molar-refractivity contribution is 0.332. The van der Waals surface area contributed by atoms with Gasteiger partial charge in [0.2, 0.25) is 7.28 Å². The lowest BCUT2D eigenvalue weighted by atomic mass is 9.60. The van der Waals surface area contributed by atoms with Crippen LogP contribution < -0.4 is 16.0 Å². The van der Waals surface area contributed by atoms with Crippen LogP contribution in [0.4, 0.5) is 17.1 Å². The van der Waals surface area contributed by atoms with Gasteiger partial charge in [-0.25, -0.2) is 0 Å². The van der Waals surface area contributed by atoms with Crippen LogP contribution in [0.2, 0.25) is 0 Å². The van der Waals surface area contributed by atoms with Crippen LogP contribution in [0.1, 0.15) is 62.8 Å². The summed E-state index contributed by atoms with van der Waals surface area (Å²) in [5.41, 5.74) is 18.3. The van der Waals surface area contributed by atoms with Gasteiger partial charge in [0.05, 0.1) is 22.4 Å². The van der Waals surface area contributed by atoms with Crippen LogP contribution in [0, 0.1) is 13.8 Å². The summed E-state index contributed by atoms with van der Waals surface area (Å²) in [6.45, 7) is 14.1. The molecule has 0 amide bonds. The molecule has 0 atom stereocenters. The van der Waals surface area contributed by atoms with Gasteiger partial charge in [-0.1, -0.05) is 76.2 Å². The number of aryl methyl sites for hydroxylation is 2. The number of aromatic nitrogens is 1. The smallest absolute Gasteiger partial charge is 0.247 e. The molecule has 2 aliphatic rings. The van der Waals surface area contributed by atoms with Crippen molar-refractivity contribution in [1.82, 2.24) is 4.98 Å². The predicted octanol–water partition coefficient (Wildman–Crippen LogP) is 10.9. The fourth-order valence-electron chi connectivity index (χ4n) is 8.76. The highest BCUT2D eigenvalue weighted by Crippen LogP contribution is 2.50. The van der Waals surface area contributed by atoms with Crippen LogP contribution in [-0.4, -0.2) is 12.3 Å². The minimum Gasteiger partial charge on any atom is -0.469 e. The molecule has 1 N–H and O–H groups in total. The lowest BCUT2D eigenvalue weighted by Gasteiger charge is -2.43. The second-order valence-corrected chi connectivity index (χ2v) is 15.6. The maximum absolute atomic E-state index is 6.70. The molecule has 1 aliphatic carbocycles. The summed E-state index contributed by atoms with van der Waals surface area (Å²) in [5.74, 6) is 0. The van der Waals surface area contributed by atoms with Crippen LogP contribution in [0.15, 0.2) is 99.8 Å². The Labute approximate surface area is 287 Å². The predicted molar refractivity (Wildman–Crippen MR) is 205 cm³/mol. The summed E-state index contributed by atoms with van der Waals surface area (Å²) in [7, 11) is 2.26. The first kappa shape index (κ1) is 28.8. The molecule has 8 aromatic rings. The number of hydrogen-bond acceptors (Lipinski definition) is 3. The van der Waals surface area contributed by atoms with Crippen molar-refractivity contribution in [2.24, 2.45) is 0 Å². The quantitative estimate of drug-likeness (QED) is 0.192. The van der Waals surface area contributed by atoms with Crippen LogP contribution in [0.3, 0.4) is 0 Å². The van der Waals surface area contributed by atoms with Gasteiger partial charge >= 0.3 is 0 Å². The molecule has 0 spiro atoms. The number of anilines is 3. The molecule has 0 unspecified atom stereocenters. The largest absolute Gasteiger partial charge is 0.469 e. The third-order valence-corrected chi connectivity index (χ3v) is 11.5. The Kier molecular flexibility index (Phi) is 5.72. The SMILES string of the molecule is Cc1cc(-c2cccc3c2[nH]c2c4ccccc4oc32)c2c(c1)N(c1cc3c(cc1C)C(C)(C)CCC3(C)C)c1c(oc3ccccc13)[B]2. The van der Waals surface area contributed by atoms with Gasteiger partial charge < -0.3 is 18.7 Å². The molecule has 0 saturated carbocycles. The number of rotatable bonds is 2. The Bertz CT molecular complexity index is 2680. The molecule has 1 radical (unpaired) electrons. The van der Waals surface area contributed by atoms with Crippen LogP contribution in [0.25, 0.3) is 55.1 Å². The number of nitrogens with one attached hydrogen (secondary N) is 1. The number of fused-ring (bicyclic) bond motifs is 10. The standard InChI is InChI=1S/C44H38BN2O2/c1-24-20-30(26-14-11-15-29-38(26)46-39-27-12-7-9-16-35(27)48-41(29)39)37-34(21-24)47(40-28-13-8-10-17-36(28)49-42(40)45-37)33-23-32-31(22-25(33)2)43(3,4)18-19-44(32,5)6/h7-17,20-23,46H,18-19H2,1-6H3. The van der Waals surface area contributed by atoms with E-state index < -0.39 is 0 Å². The molecule has 4 nitrogen and oxygen atoms in total. The monoisotopic (exact) mass is 637 g/mol. The zero-order chi connectivity index (χ0) is 33.4. The molecular weight excluding hydrogens is 599 g/mol. The van der Waals surface area contributed by atoms with Gasteiger partial charge in [0.15, 0.2) is 5.58 Å². The highest BCUT2D eigenvalue weighted by molar-refractivity contribution is 6.72. The Morgan fingerprint density at radius 2 is 1.33 bits per heavy atom. The number of hydrogen-bond donors (Lipinski definition) is 1. The van der Waals surface area contributed by atoms with Gasteiger partial charge in [0.25, 0.3) is 0 Å². The van der Waals surface area contributed by atoms with Gasteiger partial charge in [-0.2, -0.15) is 0 Å². The van der Waals surface area contributed by atoms with Gasteiger partial charge in [0, 0.05) is 33.1 Å². The third-order valence-electron chi connectivity index (χ3n) is 11.5. The number of aromatic amines is 1. The first-order valence-corrected chi connectivity index (χ1v) is 17.5. The molecule has 1 aliphatic heterocycles. The van der Waals surface area contributed by atoms with E-state index in [1.165, 1.54) is 52.0 Å². The van der Waals surface area contributed by atoms with Crippen LogP contribution in [0.5, 0.6) is 0 Å². The van der Waals surface area contributed by atoms with E-state index in [1.807, 2.05) is 12.1 Å². The summed E-state index contributed by atoms with van der Waals surface area (Å²) < 4.78 is 13.1. The van der Waals surface area contributed by atoms with Crippen molar-refractivity contribution in [1.29, 1.82) is 0 Å². The third kappa shape index (κ3) is 3.99.